The third-order valence-corrected chi connectivity index (χ3v) is 7.30. The maximum absolute atomic E-state index is 13.4. The molecular formula is C22H33N5O5. The summed E-state index contributed by atoms with van der Waals surface area (Å²) in [7, 11) is 0. The zero-order chi connectivity index (χ0) is 24.0. The summed E-state index contributed by atoms with van der Waals surface area (Å²) in [6.07, 6.45) is -0.465. The SMILES string of the molecule is CC(C)(C)C(NC(=O)O)C(=O)N1CC2C([C@H]1C(=O)N[C@H](C#N)C[C@@H]1CCNC1=O)C2(C)C. The predicted molar refractivity (Wildman–Crippen MR) is 114 cm³/mol. The Balaban J connectivity index is 1.78. The lowest BCUT2D eigenvalue weighted by Crippen LogP contribution is -2.59. The summed E-state index contributed by atoms with van der Waals surface area (Å²) in [5.41, 5.74) is -0.812. The zero-order valence-electron chi connectivity index (χ0n) is 19.3. The van der Waals surface area contributed by atoms with Gasteiger partial charge in [-0.25, -0.2) is 4.79 Å². The molecule has 10 heteroatoms. The minimum Gasteiger partial charge on any atom is -0.465 e. The van der Waals surface area contributed by atoms with Gasteiger partial charge in [0, 0.05) is 19.0 Å². The fourth-order valence-electron chi connectivity index (χ4n) is 5.31. The molecule has 0 aromatic rings. The minimum atomic E-state index is -1.30. The van der Waals surface area contributed by atoms with Crippen molar-refractivity contribution in [3.05, 3.63) is 0 Å². The second-order valence-electron chi connectivity index (χ2n) is 10.8. The maximum Gasteiger partial charge on any atom is 0.405 e. The number of nitrogens with one attached hydrogen (secondary N) is 3. The van der Waals surface area contributed by atoms with Crippen molar-refractivity contribution in [1.29, 1.82) is 5.26 Å². The lowest BCUT2D eigenvalue weighted by Gasteiger charge is -2.37. The minimum absolute atomic E-state index is 0.0639. The Morgan fingerprint density at radius 2 is 1.97 bits per heavy atom. The van der Waals surface area contributed by atoms with Gasteiger partial charge in [0.05, 0.1) is 6.07 Å². The van der Waals surface area contributed by atoms with Crippen LogP contribution < -0.4 is 16.0 Å². The van der Waals surface area contributed by atoms with E-state index < -0.39 is 41.4 Å². The highest BCUT2D eigenvalue weighted by atomic mass is 16.4. The third-order valence-electron chi connectivity index (χ3n) is 7.30. The van der Waals surface area contributed by atoms with Crippen molar-refractivity contribution in [2.24, 2.45) is 28.6 Å². The van der Waals surface area contributed by atoms with Crippen LogP contribution >= 0.6 is 0 Å². The Bertz CT molecular complexity index is 858. The molecule has 3 rings (SSSR count). The Kier molecular flexibility index (Phi) is 6.15. The van der Waals surface area contributed by atoms with Gasteiger partial charge >= 0.3 is 6.09 Å². The summed E-state index contributed by atoms with van der Waals surface area (Å²) in [5, 5.41) is 26.6. The molecule has 2 saturated heterocycles. The van der Waals surface area contributed by atoms with E-state index in [4.69, 9.17) is 0 Å². The molecule has 2 heterocycles. The Labute approximate surface area is 188 Å². The van der Waals surface area contributed by atoms with Gasteiger partial charge in [0.15, 0.2) is 0 Å². The Morgan fingerprint density at radius 3 is 2.47 bits per heavy atom. The molecule has 6 atom stereocenters. The molecule has 3 unspecified atom stereocenters. The van der Waals surface area contributed by atoms with Crippen molar-refractivity contribution < 1.29 is 24.3 Å². The Morgan fingerprint density at radius 1 is 1.31 bits per heavy atom. The summed E-state index contributed by atoms with van der Waals surface area (Å²) in [5.74, 6) is -1.24. The maximum atomic E-state index is 13.4. The molecule has 1 aliphatic carbocycles. The van der Waals surface area contributed by atoms with E-state index in [0.29, 0.717) is 19.5 Å². The van der Waals surface area contributed by atoms with Gasteiger partial charge in [-0.15, -0.1) is 0 Å². The van der Waals surface area contributed by atoms with Gasteiger partial charge in [-0.3, -0.25) is 14.4 Å². The highest BCUT2D eigenvalue weighted by Crippen LogP contribution is 2.65. The molecule has 176 valence electrons. The van der Waals surface area contributed by atoms with Crippen molar-refractivity contribution in [3.8, 4) is 6.07 Å². The summed E-state index contributed by atoms with van der Waals surface area (Å²) in [6, 6.07) is -0.569. The van der Waals surface area contributed by atoms with E-state index in [1.807, 2.05) is 13.8 Å². The number of amides is 4. The van der Waals surface area contributed by atoms with Crippen LogP contribution in [-0.4, -0.2) is 65.0 Å². The first-order valence-electron chi connectivity index (χ1n) is 11.1. The smallest absolute Gasteiger partial charge is 0.405 e. The number of hydrogen-bond donors (Lipinski definition) is 4. The van der Waals surface area contributed by atoms with Gasteiger partial charge in [0.1, 0.15) is 18.1 Å². The topological polar surface area (TPSA) is 152 Å². The molecule has 0 bridgehead atoms. The molecule has 0 radical (unpaired) electrons. The number of likely N-dealkylation sites (tertiary alicyclic amines) is 1. The normalized spacial score (nSPS) is 29.9. The predicted octanol–water partition coefficient (Wildman–Crippen LogP) is 0.686. The van der Waals surface area contributed by atoms with Crippen LogP contribution in [0.15, 0.2) is 0 Å². The van der Waals surface area contributed by atoms with Gasteiger partial charge in [0.2, 0.25) is 17.7 Å². The molecule has 0 aromatic carbocycles. The standard InChI is InChI=1S/C22H33N5O5/c1-21(2,3)16(26-20(31)32)19(30)27-10-13-14(22(13,4)5)15(27)18(29)25-12(9-23)8-11-6-7-24-17(11)28/h11-16,26H,6-8,10H2,1-5H3,(H,24,28)(H,25,29)(H,31,32)/t11-,12-,13?,14?,15-,16?/m0/s1. The van der Waals surface area contributed by atoms with Crippen molar-refractivity contribution in [1.82, 2.24) is 20.9 Å². The first-order chi connectivity index (χ1) is 14.8. The van der Waals surface area contributed by atoms with E-state index in [9.17, 15) is 29.5 Å². The van der Waals surface area contributed by atoms with E-state index in [2.05, 4.69) is 22.0 Å². The van der Waals surface area contributed by atoms with Crippen LogP contribution in [0.25, 0.3) is 0 Å². The molecule has 0 aromatic heterocycles. The van der Waals surface area contributed by atoms with E-state index >= 15 is 0 Å². The number of rotatable bonds is 6. The molecule has 10 nitrogen and oxygen atoms in total. The average Bonchev–Trinajstić information content (AvgIpc) is 3.05. The van der Waals surface area contributed by atoms with E-state index in [0.717, 1.165) is 0 Å². The van der Waals surface area contributed by atoms with Crippen LogP contribution in [0.1, 0.15) is 47.5 Å². The highest BCUT2D eigenvalue weighted by Gasteiger charge is 2.69. The number of carbonyl (C=O) groups excluding carboxylic acids is 3. The molecule has 4 N–H and O–H groups in total. The average molecular weight is 448 g/mol. The number of hydrogen-bond acceptors (Lipinski definition) is 5. The van der Waals surface area contributed by atoms with E-state index in [1.165, 1.54) is 4.90 Å². The molecule has 0 spiro atoms. The van der Waals surface area contributed by atoms with Crippen LogP contribution in [0, 0.1) is 39.9 Å². The summed E-state index contributed by atoms with van der Waals surface area (Å²) >= 11 is 0. The summed E-state index contributed by atoms with van der Waals surface area (Å²) in [6.45, 7) is 10.3. The number of nitriles is 1. The first kappa shape index (κ1) is 23.8. The largest absolute Gasteiger partial charge is 0.465 e. The van der Waals surface area contributed by atoms with Crippen LogP contribution in [0.5, 0.6) is 0 Å². The summed E-state index contributed by atoms with van der Waals surface area (Å²) in [4.78, 5) is 51.4. The van der Waals surface area contributed by atoms with Gasteiger partial charge in [0.25, 0.3) is 0 Å². The van der Waals surface area contributed by atoms with Gasteiger partial charge in [-0.05, 0) is 35.5 Å². The monoisotopic (exact) mass is 447 g/mol. The van der Waals surface area contributed by atoms with Crippen LogP contribution in [0.4, 0.5) is 4.79 Å². The number of carbonyl (C=O) groups is 4. The third kappa shape index (κ3) is 4.38. The molecular weight excluding hydrogens is 414 g/mol. The number of fused-ring (bicyclic) bond motifs is 1. The van der Waals surface area contributed by atoms with Crippen LogP contribution in [-0.2, 0) is 14.4 Å². The van der Waals surface area contributed by atoms with Gasteiger partial charge < -0.3 is 26.0 Å². The van der Waals surface area contributed by atoms with Crippen molar-refractivity contribution in [2.45, 2.75) is 65.6 Å². The van der Waals surface area contributed by atoms with Crippen molar-refractivity contribution in [2.75, 3.05) is 13.1 Å². The van der Waals surface area contributed by atoms with Crippen LogP contribution in [0.3, 0.4) is 0 Å². The molecule has 32 heavy (non-hydrogen) atoms. The molecule has 1 saturated carbocycles. The molecule has 4 amide bonds. The zero-order valence-corrected chi connectivity index (χ0v) is 19.3. The molecule has 2 aliphatic heterocycles. The second-order valence-corrected chi connectivity index (χ2v) is 10.8. The lowest BCUT2D eigenvalue weighted by molar-refractivity contribution is -0.144. The lowest BCUT2D eigenvalue weighted by atomic mass is 9.85. The van der Waals surface area contributed by atoms with Gasteiger partial charge in [-0.2, -0.15) is 5.26 Å². The Hall–Kier alpha value is -2.83. The summed E-state index contributed by atoms with van der Waals surface area (Å²) < 4.78 is 0. The molecule has 3 aliphatic rings. The second kappa shape index (κ2) is 8.26. The highest BCUT2D eigenvalue weighted by molar-refractivity contribution is 5.93. The van der Waals surface area contributed by atoms with Crippen LogP contribution in [0.2, 0.25) is 0 Å². The fraction of sp³-hybridized carbons (Fsp3) is 0.773. The van der Waals surface area contributed by atoms with E-state index in [1.54, 1.807) is 20.8 Å². The van der Waals surface area contributed by atoms with E-state index in [-0.39, 0.29) is 35.5 Å². The van der Waals surface area contributed by atoms with Crippen molar-refractivity contribution >= 4 is 23.8 Å². The molecule has 3 fully saturated rings. The van der Waals surface area contributed by atoms with Gasteiger partial charge in [-0.1, -0.05) is 34.6 Å². The van der Waals surface area contributed by atoms with Crippen molar-refractivity contribution in [3.63, 3.8) is 0 Å². The first-order valence-corrected chi connectivity index (χ1v) is 11.1. The number of nitrogens with zero attached hydrogens (tertiary/aromatic N) is 2. The quantitative estimate of drug-likeness (QED) is 0.470. The number of carboxylic acid groups (broad SMARTS) is 1. The number of piperidine rings is 1. The fourth-order valence-corrected chi connectivity index (χ4v) is 5.31.